The number of ether oxygens (including phenoxy) is 1. The highest BCUT2D eigenvalue weighted by Crippen LogP contribution is 2.23. The molecule has 0 amide bonds. The van der Waals surface area contributed by atoms with Crippen molar-refractivity contribution in [3.63, 3.8) is 0 Å². The molecule has 0 spiro atoms. The van der Waals surface area contributed by atoms with E-state index in [9.17, 15) is 4.79 Å². The molecule has 1 heterocycles. The predicted octanol–water partition coefficient (Wildman–Crippen LogP) is 2.87. The number of rotatable bonds is 2. The maximum Gasteiger partial charge on any atom is 0.164 e. The third kappa shape index (κ3) is 2.91. The van der Waals surface area contributed by atoms with Crippen molar-refractivity contribution in [2.45, 2.75) is 44.9 Å². The van der Waals surface area contributed by atoms with Crippen LogP contribution in [-0.2, 0) is 9.53 Å². The van der Waals surface area contributed by atoms with Crippen molar-refractivity contribution < 1.29 is 9.53 Å². The zero-order chi connectivity index (χ0) is 10.5. The van der Waals surface area contributed by atoms with Gasteiger partial charge in [0.2, 0.25) is 0 Å². The smallest absolute Gasteiger partial charge is 0.164 e. The molecule has 0 saturated carbocycles. The maximum atomic E-state index is 12.1. The fourth-order valence-corrected chi connectivity index (χ4v) is 2.42. The summed E-state index contributed by atoms with van der Waals surface area (Å²) in [6.07, 6.45) is 10.2. The van der Waals surface area contributed by atoms with E-state index >= 15 is 0 Å². The SMILES string of the molecule is O=C(C1=CCCCCCC1)C1CCOC1. The second kappa shape index (κ2) is 5.45. The standard InChI is InChI=1S/C13H20O2/c14-13(12-8-9-15-10-12)11-6-4-2-1-3-5-7-11/h6,12H,1-5,7-10H2. The van der Waals surface area contributed by atoms with Crippen LogP contribution in [0.3, 0.4) is 0 Å². The van der Waals surface area contributed by atoms with Crippen LogP contribution in [0.25, 0.3) is 0 Å². The van der Waals surface area contributed by atoms with Crippen LogP contribution in [0.5, 0.6) is 0 Å². The largest absolute Gasteiger partial charge is 0.381 e. The van der Waals surface area contributed by atoms with Gasteiger partial charge < -0.3 is 4.74 Å². The molecule has 0 N–H and O–H groups in total. The van der Waals surface area contributed by atoms with Gasteiger partial charge in [-0.2, -0.15) is 0 Å². The molecule has 0 aromatic heterocycles. The van der Waals surface area contributed by atoms with Gasteiger partial charge in [0, 0.05) is 12.5 Å². The van der Waals surface area contributed by atoms with Crippen molar-refractivity contribution >= 4 is 5.78 Å². The molecule has 2 rings (SSSR count). The van der Waals surface area contributed by atoms with Gasteiger partial charge in [-0.15, -0.1) is 0 Å². The Bertz CT molecular complexity index is 249. The third-order valence-corrected chi connectivity index (χ3v) is 3.41. The number of hydrogen-bond acceptors (Lipinski definition) is 2. The van der Waals surface area contributed by atoms with E-state index in [1.165, 1.54) is 25.7 Å². The molecule has 0 radical (unpaired) electrons. The van der Waals surface area contributed by atoms with Crippen LogP contribution in [0.2, 0.25) is 0 Å². The molecule has 15 heavy (non-hydrogen) atoms. The quantitative estimate of drug-likeness (QED) is 0.697. The van der Waals surface area contributed by atoms with Gasteiger partial charge in [0.25, 0.3) is 0 Å². The Kier molecular flexibility index (Phi) is 3.95. The first-order chi connectivity index (χ1) is 7.38. The Morgan fingerprint density at radius 2 is 2.13 bits per heavy atom. The van der Waals surface area contributed by atoms with Crippen LogP contribution in [0.1, 0.15) is 44.9 Å². The summed E-state index contributed by atoms with van der Waals surface area (Å²) in [6.45, 7) is 1.42. The highest BCUT2D eigenvalue weighted by Gasteiger charge is 2.25. The highest BCUT2D eigenvalue weighted by molar-refractivity contribution is 5.97. The summed E-state index contributed by atoms with van der Waals surface area (Å²) in [6, 6.07) is 0. The maximum absolute atomic E-state index is 12.1. The van der Waals surface area contributed by atoms with E-state index in [2.05, 4.69) is 6.08 Å². The summed E-state index contributed by atoms with van der Waals surface area (Å²) >= 11 is 0. The van der Waals surface area contributed by atoms with Gasteiger partial charge in [-0.3, -0.25) is 4.79 Å². The molecule has 1 saturated heterocycles. The highest BCUT2D eigenvalue weighted by atomic mass is 16.5. The van der Waals surface area contributed by atoms with Crippen LogP contribution in [-0.4, -0.2) is 19.0 Å². The first kappa shape index (κ1) is 10.9. The minimum Gasteiger partial charge on any atom is -0.381 e. The van der Waals surface area contributed by atoms with E-state index in [0.717, 1.165) is 31.4 Å². The molecule has 1 atom stereocenters. The average Bonchev–Trinajstić information content (AvgIpc) is 2.68. The molecule has 0 aromatic rings. The number of ketones is 1. The lowest BCUT2D eigenvalue weighted by atomic mass is 9.90. The minimum absolute atomic E-state index is 0.163. The van der Waals surface area contributed by atoms with E-state index in [4.69, 9.17) is 4.74 Å². The fraction of sp³-hybridized carbons (Fsp3) is 0.769. The average molecular weight is 208 g/mol. The van der Waals surface area contributed by atoms with Gasteiger partial charge in [-0.25, -0.2) is 0 Å². The van der Waals surface area contributed by atoms with E-state index in [1.807, 2.05) is 0 Å². The minimum atomic E-state index is 0.163. The number of hydrogen-bond donors (Lipinski definition) is 0. The second-order valence-electron chi connectivity index (χ2n) is 4.61. The van der Waals surface area contributed by atoms with E-state index < -0.39 is 0 Å². The molecule has 1 aliphatic heterocycles. The number of carbonyl (C=O) groups excluding carboxylic acids is 1. The fourth-order valence-electron chi connectivity index (χ4n) is 2.42. The van der Waals surface area contributed by atoms with Crippen LogP contribution in [0.15, 0.2) is 11.6 Å². The first-order valence-corrected chi connectivity index (χ1v) is 6.19. The summed E-state index contributed by atoms with van der Waals surface area (Å²) in [5, 5.41) is 0. The molecule has 1 aliphatic carbocycles. The molecular formula is C13H20O2. The molecule has 0 bridgehead atoms. The molecule has 0 aromatic carbocycles. The topological polar surface area (TPSA) is 26.3 Å². The van der Waals surface area contributed by atoms with E-state index in [-0.39, 0.29) is 5.92 Å². The van der Waals surface area contributed by atoms with Crippen molar-refractivity contribution in [3.05, 3.63) is 11.6 Å². The van der Waals surface area contributed by atoms with Gasteiger partial charge in [0.15, 0.2) is 5.78 Å². The zero-order valence-corrected chi connectivity index (χ0v) is 9.34. The third-order valence-electron chi connectivity index (χ3n) is 3.41. The van der Waals surface area contributed by atoms with Crippen LogP contribution < -0.4 is 0 Å². The molecule has 2 heteroatoms. The zero-order valence-electron chi connectivity index (χ0n) is 9.34. The summed E-state index contributed by atoms with van der Waals surface area (Å²) in [5.74, 6) is 0.532. The van der Waals surface area contributed by atoms with Gasteiger partial charge >= 0.3 is 0 Å². The lowest BCUT2D eigenvalue weighted by Gasteiger charge is -2.13. The number of carbonyl (C=O) groups is 1. The van der Waals surface area contributed by atoms with Crippen molar-refractivity contribution in [1.82, 2.24) is 0 Å². The molecule has 1 unspecified atom stereocenters. The molecular weight excluding hydrogens is 188 g/mol. The summed E-state index contributed by atoms with van der Waals surface area (Å²) in [5.41, 5.74) is 1.09. The molecule has 84 valence electrons. The normalized spacial score (nSPS) is 28.0. The van der Waals surface area contributed by atoms with Gasteiger partial charge in [0.05, 0.1) is 6.61 Å². The van der Waals surface area contributed by atoms with Crippen molar-refractivity contribution in [2.24, 2.45) is 5.92 Å². The Morgan fingerprint density at radius 3 is 2.93 bits per heavy atom. The first-order valence-electron chi connectivity index (χ1n) is 6.19. The monoisotopic (exact) mass is 208 g/mol. The van der Waals surface area contributed by atoms with Crippen LogP contribution in [0.4, 0.5) is 0 Å². The Labute approximate surface area is 91.7 Å². The Balaban J connectivity index is 1.96. The van der Waals surface area contributed by atoms with Crippen molar-refractivity contribution in [1.29, 1.82) is 0 Å². The lowest BCUT2D eigenvalue weighted by molar-refractivity contribution is -0.119. The van der Waals surface area contributed by atoms with Crippen LogP contribution in [0, 0.1) is 5.92 Å². The van der Waals surface area contributed by atoms with Gasteiger partial charge in [-0.05, 0) is 37.7 Å². The lowest BCUT2D eigenvalue weighted by Crippen LogP contribution is -2.17. The van der Waals surface area contributed by atoms with Gasteiger partial charge in [0.1, 0.15) is 0 Å². The van der Waals surface area contributed by atoms with Crippen LogP contribution >= 0.6 is 0 Å². The van der Waals surface area contributed by atoms with Gasteiger partial charge in [-0.1, -0.05) is 18.9 Å². The van der Waals surface area contributed by atoms with E-state index in [0.29, 0.717) is 12.4 Å². The molecule has 2 aliphatic rings. The van der Waals surface area contributed by atoms with Crippen molar-refractivity contribution in [2.75, 3.05) is 13.2 Å². The Hall–Kier alpha value is -0.630. The molecule has 1 fully saturated rings. The number of Topliss-reactive ketones (excluding diaryl/α,β-unsaturated/α-hetero) is 1. The summed E-state index contributed by atoms with van der Waals surface area (Å²) < 4.78 is 5.28. The Morgan fingerprint density at radius 1 is 1.27 bits per heavy atom. The van der Waals surface area contributed by atoms with Crippen molar-refractivity contribution in [3.8, 4) is 0 Å². The summed E-state index contributed by atoms with van der Waals surface area (Å²) in [7, 11) is 0. The predicted molar refractivity (Wildman–Crippen MR) is 59.7 cm³/mol. The van der Waals surface area contributed by atoms with E-state index in [1.54, 1.807) is 0 Å². The summed E-state index contributed by atoms with van der Waals surface area (Å²) in [4.78, 5) is 12.1. The second-order valence-corrected chi connectivity index (χ2v) is 4.61. The number of allylic oxidation sites excluding steroid dienone is 2. The molecule has 2 nitrogen and oxygen atoms in total.